The van der Waals surface area contributed by atoms with E-state index in [-0.39, 0.29) is 17.5 Å². The monoisotopic (exact) mass is 483 g/mol. The minimum absolute atomic E-state index is 0.126. The van der Waals surface area contributed by atoms with Crippen LogP contribution in [0.1, 0.15) is 31.2 Å². The van der Waals surface area contributed by atoms with E-state index in [0.717, 1.165) is 32.2 Å². The molecule has 3 aliphatic rings. The largest absolute Gasteiger partial charge is 0.416 e. The Morgan fingerprint density at radius 2 is 1.53 bits per heavy atom. The first-order valence-electron chi connectivity index (χ1n) is 12.1. The fourth-order valence-corrected chi connectivity index (χ4v) is 5.22. The molecule has 3 heterocycles. The molecule has 0 radical (unpaired) electrons. The van der Waals surface area contributed by atoms with Crippen molar-refractivity contribution in [3.05, 3.63) is 33.9 Å². The van der Waals surface area contributed by atoms with Gasteiger partial charge in [0.15, 0.2) is 0 Å². The molecule has 0 unspecified atom stereocenters. The summed E-state index contributed by atoms with van der Waals surface area (Å²) >= 11 is 0. The molecule has 3 fully saturated rings. The highest BCUT2D eigenvalue weighted by atomic mass is 19.4. The second-order valence-corrected chi connectivity index (χ2v) is 9.44. The van der Waals surface area contributed by atoms with Crippen LogP contribution < -0.4 is 4.90 Å². The molecular weight excluding hydrogens is 451 g/mol. The second-order valence-electron chi connectivity index (χ2n) is 9.44. The second kappa shape index (κ2) is 10.5. The Balaban J connectivity index is 1.27. The smallest absolute Gasteiger partial charge is 0.366 e. The first kappa shape index (κ1) is 24.7. The van der Waals surface area contributed by atoms with Crippen molar-refractivity contribution in [1.29, 1.82) is 0 Å². The summed E-state index contributed by atoms with van der Waals surface area (Å²) in [4.78, 5) is 32.2. The number of hydrogen-bond donors (Lipinski definition) is 0. The molecule has 0 saturated carbocycles. The molecule has 0 bridgehead atoms. The van der Waals surface area contributed by atoms with Crippen LogP contribution in [0.2, 0.25) is 0 Å². The molecule has 0 atom stereocenters. The number of rotatable bonds is 6. The van der Waals surface area contributed by atoms with Gasteiger partial charge in [-0.3, -0.25) is 19.8 Å². The number of carbonyl (C=O) groups excluding carboxylic acids is 1. The van der Waals surface area contributed by atoms with Gasteiger partial charge in [-0.15, -0.1) is 0 Å². The predicted molar refractivity (Wildman–Crippen MR) is 122 cm³/mol. The van der Waals surface area contributed by atoms with Gasteiger partial charge in [-0.05, 0) is 50.9 Å². The molecule has 11 heteroatoms. The molecule has 3 saturated heterocycles. The number of piperazine rings is 1. The first-order valence-corrected chi connectivity index (χ1v) is 12.1. The maximum absolute atomic E-state index is 13.0. The van der Waals surface area contributed by atoms with Crippen molar-refractivity contribution < 1.29 is 22.9 Å². The van der Waals surface area contributed by atoms with Crippen LogP contribution in [0, 0.1) is 16.0 Å². The SMILES string of the molecule is O=C(C1CCN(c2ccc(C(F)(F)F)cc2[N+](=O)[O-])CC1)N1CCN(CCN2CCCC2)CC1. The molecule has 34 heavy (non-hydrogen) atoms. The zero-order valence-electron chi connectivity index (χ0n) is 19.3. The number of likely N-dealkylation sites (tertiary alicyclic amines) is 1. The summed E-state index contributed by atoms with van der Waals surface area (Å²) in [5, 5.41) is 11.4. The Morgan fingerprint density at radius 1 is 0.941 bits per heavy atom. The summed E-state index contributed by atoms with van der Waals surface area (Å²) in [5.74, 6) is -0.0262. The predicted octanol–water partition coefficient (Wildman–Crippen LogP) is 3.07. The average molecular weight is 484 g/mol. The zero-order valence-corrected chi connectivity index (χ0v) is 19.3. The van der Waals surface area contributed by atoms with E-state index < -0.39 is 22.4 Å². The molecule has 1 aromatic carbocycles. The number of piperidine rings is 1. The van der Waals surface area contributed by atoms with E-state index in [1.807, 2.05) is 4.90 Å². The number of nitrogens with zero attached hydrogens (tertiary/aromatic N) is 5. The van der Waals surface area contributed by atoms with Crippen LogP contribution >= 0.6 is 0 Å². The number of alkyl halides is 3. The van der Waals surface area contributed by atoms with Crippen LogP contribution in [0.4, 0.5) is 24.5 Å². The topological polar surface area (TPSA) is 73.2 Å². The van der Waals surface area contributed by atoms with Crippen LogP contribution in [0.3, 0.4) is 0 Å². The zero-order chi connectivity index (χ0) is 24.3. The van der Waals surface area contributed by atoms with E-state index >= 15 is 0 Å². The lowest BCUT2D eigenvalue weighted by Crippen LogP contribution is -2.52. The van der Waals surface area contributed by atoms with Crippen molar-refractivity contribution in [2.75, 3.05) is 70.3 Å². The first-order chi connectivity index (χ1) is 16.2. The van der Waals surface area contributed by atoms with Gasteiger partial charge in [0.2, 0.25) is 5.91 Å². The summed E-state index contributed by atoms with van der Waals surface area (Å²) < 4.78 is 38.9. The van der Waals surface area contributed by atoms with Crippen molar-refractivity contribution in [2.24, 2.45) is 5.92 Å². The average Bonchev–Trinajstić information content (AvgIpc) is 3.35. The lowest BCUT2D eigenvalue weighted by Gasteiger charge is -2.39. The Bertz CT molecular complexity index is 875. The van der Waals surface area contributed by atoms with Gasteiger partial charge in [0.05, 0.1) is 10.5 Å². The van der Waals surface area contributed by atoms with Gasteiger partial charge in [0.1, 0.15) is 5.69 Å². The van der Waals surface area contributed by atoms with Crippen LogP contribution in [0.5, 0.6) is 0 Å². The van der Waals surface area contributed by atoms with Crippen LogP contribution in [0.15, 0.2) is 18.2 Å². The summed E-state index contributed by atoms with van der Waals surface area (Å²) in [6.45, 7) is 8.46. The number of anilines is 1. The lowest BCUT2D eigenvalue weighted by molar-refractivity contribution is -0.384. The molecule has 188 valence electrons. The van der Waals surface area contributed by atoms with Gasteiger partial charge in [-0.1, -0.05) is 0 Å². The number of amides is 1. The maximum Gasteiger partial charge on any atom is 0.416 e. The minimum Gasteiger partial charge on any atom is -0.366 e. The molecule has 3 aliphatic heterocycles. The third kappa shape index (κ3) is 5.80. The number of hydrogen-bond acceptors (Lipinski definition) is 6. The van der Waals surface area contributed by atoms with Gasteiger partial charge in [-0.2, -0.15) is 13.2 Å². The molecule has 8 nitrogen and oxygen atoms in total. The number of carbonyl (C=O) groups is 1. The number of nitro benzene ring substituents is 1. The third-order valence-electron chi connectivity index (χ3n) is 7.30. The fourth-order valence-electron chi connectivity index (χ4n) is 5.22. The molecule has 0 aliphatic carbocycles. The van der Waals surface area contributed by atoms with Crippen molar-refractivity contribution in [2.45, 2.75) is 31.9 Å². The Hall–Kier alpha value is -2.40. The van der Waals surface area contributed by atoms with Crippen molar-refractivity contribution in [3.63, 3.8) is 0 Å². The highest BCUT2D eigenvalue weighted by molar-refractivity contribution is 5.79. The Kier molecular flexibility index (Phi) is 7.61. The highest BCUT2D eigenvalue weighted by Crippen LogP contribution is 2.37. The lowest BCUT2D eigenvalue weighted by atomic mass is 9.94. The standard InChI is InChI=1S/C23H32F3N5O3/c24-23(25,26)19-3-4-20(21(17-19)31(33)34)29-9-5-18(6-10-29)22(32)30-15-13-28(14-16-30)12-11-27-7-1-2-8-27/h3-4,17-18H,1-2,5-16H2. The molecule has 1 aromatic rings. The van der Waals surface area contributed by atoms with E-state index in [1.54, 1.807) is 4.90 Å². The normalized spacial score (nSPS) is 21.3. The summed E-state index contributed by atoms with van der Waals surface area (Å²) in [7, 11) is 0. The van der Waals surface area contributed by atoms with Gasteiger partial charge in [0, 0.05) is 64.3 Å². The van der Waals surface area contributed by atoms with Crippen LogP contribution in [-0.4, -0.2) is 91.0 Å². The van der Waals surface area contributed by atoms with Crippen molar-refractivity contribution in [1.82, 2.24) is 14.7 Å². The van der Waals surface area contributed by atoms with E-state index in [9.17, 15) is 28.1 Å². The number of halogens is 3. The summed E-state index contributed by atoms with van der Waals surface area (Å²) in [6.07, 6.45) is -1.00. The van der Waals surface area contributed by atoms with Gasteiger partial charge < -0.3 is 14.7 Å². The van der Waals surface area contributed by atoms with E-state index in [2.05, 4.69) is 9.80 Å². The molecule has 0 N–H and O–H groups in total. The number of nitro groups is 1. The molecule has 1 amide bonds. The van der Waals surface area contributed by atoms with Gasteiger partial charge >= 0.3 is 6.18 Å². The van der Waals surface area contributed by atoms with E-state index in [0.29, 0.717) is 45.1 Å². The van der Waals surface area contributed by atoms with Crippen LogP contribution in [-0.2, 0) is 11.0 Å². The van der Waals surface area contributed by atoms with Crippen molar-refractivity contribution >= 4 is 17.3 Å². The minimum atomic E-state index is -4.64. The van der Waals surface area contributed by atoms with Crippen molar-refractivity contribution in [3.8, 4) is 0 Å². The maximum atomic E-state index is 13.0. The summed E-state index contributed by atoms with van der Waals surface area (Å²) in [5.41, 5.74) is -1.41. The number of benzene rings is 1. The van der Waals surface area contributed by atoms with Crippen LogP contribution in [0.25, 0.3) is 0 Å². The third-order valence-corrected chi connectivity index (χ3v) is 7.30. The Labute approximate surface area is 197 Å². The molecule has 4 rings (SSSR count). The quantitative estimate of drug-likeness (QED) is 0.458. The fraction of sp³-hybridized carbons (Fsp3) is 0.696. The van der Waals surface area contributed by atoms with Gasteiger partial charge in [-0.25, -0.2) is 0 Å². The molecule has 0 aromatic heterocycles. The molecule has 0 spiro atoms. The molecular formula is C23H32F3N5O3. The van der Waals surface area contributed by atoms with E-state index in [4.69, 9.17) is 0 Å². The highest BCUT2D eigenvalue weighted by Gasteiger charge is 2.35. The van der Waals surface area contributed by atoms with E-state index in [1.165, 1.54) is 32.0 Å². The Morgan fingerprint density at radius 3 is 2.09 bits per heavy atom. The van der Waals surface area contributed by atoms with Gasteiger partial charge in [0.25, 0.3) is 5.69 Å². The summed E-state index contributed by atoms with van der Waals surface area (Å²) in [6, 6.07) is 2.64.